The average molecular weight is 404 g/mol. The minimum Gasteiger partial charge on any atom is -0.477 e. The molecule has 1 aromatic rings. The number of carbonyl (C=O) groups excluding carboxylic acids is 1. The van der Waals surface area contributed by atoms with Crippen LogP contribution in [0.1, 0.15) is 26.2 Å². The van der Waals surface area contributed by atoms with Gasteiger partial charge in [-0.15, -0.1) is 0 Å². The van der Waals surface area contributed by atoms with Crippen LogP contribution >= 0.6 is 0 Å². The number of amides is 1. The zero-order valence-corrected chi connectivity index (χ0v) is 16.9. The standard InChI is InChI=1S/C21H30FN5O2/c1-15(23)2-4-19(24)26-10-7-17(8-11-26)21(28)27-9-6-16(13-27)14-29-20-5-3-18(22)12-25-20/h2-5,12,16-17H,6-11,13-14,23-24H2,1H3/b15-2-,19-4+. The van der Waals surface area contributed by atoms with Crippen LogP contribution in [0.15, 0.2) is 42.0 Å². The summed E-state index contributed by atoms with van der Waals surface area (Å²) in [5, 5.41) is 0. The van der Waals surface area contributed by atoms with Crippen LogP contribution in [0.2, 0.25) is 0 Å². The number of hydrogen-bond acceptors (Lipinski definition) is 6. The highest BCUT2D eigenvalue weighted by Gasteiger charge is 2.33. The highest BCUT2D eigenvalue weighted by molar-refractivity contribution is 5.79. The molecule has 3 heterocycles. The van der Waals surface area contributed by atoms with Gasteiger partial charge in [0.15, 0.2) is 0 Å². The number of hydrogen-bond donors (Lipinski definition) is 2. The SMILES string of the molecule is C/C(N)=C/C=C(\N)N1CCC(C(=O)N2CCC(COc3ccc(F)cn3)C2)CC1. The van der Waals surface area contributed by atoms with Crippen molar-refractivity contribution < 1.29 is 13.9 Å². The maximum Gasteiger partial charge on any atom is 0.225 e. The normalized spacial score (nSPS) is 21.5. The molecule has 4 N–H and O–H groups in total. The van der Waals surface area contributed by atoms with E-state index < -0.39 is 0 Å². The van der Waals surface area contributed by atoms with Gasteiger partial charge in [0.25, 0.3) is 0 Å². The van der Waals surface area contributed by atoms with Gasteiger partial charge in [-0.05, 0) is 44.4 Å². The van der Waals surface area contributed by atoms with E-state index in [9.17, 15) is 9.18 Å². The van der Waals surface area contributed by atoms with Crippen LogP contribution in [0.5, 0.6) is 5.88 Å². The summed E-state index contributed by atoms with van der Waals surface area (Å²) in [6, 6.07) is 2.85. The molecule has 1 unspecified atom stereocenters. The third kappa shape index (κ3) is 5.85. The first kappa shape index (κ1) is 21.0. The molecule has 2 aliphatic rings. The van der Waals surface area contributed by atoms with Gasteiger partial charge in [-0.3, -0.25) is 4.79 Å². The molecule has 0 radical (unpaired) electrons. The number of allylic oxidation sites excluding steroid dienone is 3. The second-order valence-electron chi connectivity index (χ2n) is 7.83. The summed E-state index contributed by atoms with van der Waals surface area (Å²) in [5.41, 5.74) is 12.4. The number of nitrogens with two attached hydrogens (primary N) is 2. The van der Waals surface area contributed by atoms with Gasteiger partial charge < -0.3 is 26.0 Å². The fourth-order valence-electron chi connectivity index (χ4n) is 3.78. The first-order chi connectivity index (χ1) is 13.9. The topological polar surface area (TPSA) is 97.7 Å². The lowest BCUT2D eigenvalue weighted by Crippen LogP contribution is -2.42. The molecule has 0 bridgehead atoms. The summed E-state index contributed by atoms with van der Waals surface area (Å²) >= 11 is 0. The summed E-state index contributed by atoms with van der Waals surface area (Å²) in [5.74, 6) is 1.26. The largest absolute Gasteiger partial charge is 0.477 e. The van der Waals surface area contributed by atoms with E-state index in [1.54, 1.807) is 6.08 Å². The Morgan fingerprint density at radius 1 is 1.21 bits per heavy atom. The number of ether oxygens (including phenoxy) is 1. The average Bonchev–Trinajstić information content (AvgIpc) is 3.20. The van der Waals surface area contributed by atoms with Gasteiger partial charge >= 0.3 is 0 Å². The van der Waals surface area contributed by atoms with E-state index in [0.717, 1.165) is 45.1 Å². The summed E-state index contributed by atoms with van der Waals surface area (Å²) in [7, 11) is 0. The van der Waals surface area contributed by atoms with Crippen molar-refractivity contribution in [3.63, 3.8) is 0 Å². The van der Waals surface area contributed by atoms with Gasteiger partial charge in [0, 0.05) is 49.8 Å². The highest BCUT2D eigenvalue weighted by Crippen LogP contribution is 2.25. The molecular weight excluding hydrogens is 373 g/mol. The van der Waals surface area contributed by atoms with Crippen molar-refractivity contribution in [2.75, 3.05) is 32.8 Å². The number of rotatable bonds is 6. The first-order valence-corrected chi connectivity index (χ1v) is 10.1. The number of piperidine rings is 1. The summed E-state index contributed by atoms with van der Waals surface area (Å²) in [4.78, 5) is 20.8. The molecule has 2 aliphatic heterocycles. The Balaban J connectivity index is 1.43. The minimum absolute atomic E-state index is 0.0456. The van der Waals surface area contributed by atoms with Crippen molar-refractivity contribution in [2.24, 2.45) is 23.3 Å². The second kappa shape index (κ2) is 9.62. The van der Waals surface area contributed by atoms with Crippen LogP contribution < -0.4 is 16.2 Å². The Labute approximate surface area is 171 Å². The van der Waals surface area contributed by atoms with Crippen molar-refractivity contribution in [1.82, 2.24) is 14.8 Å². The van der Waals surface area contributed by atoms with Gasteiger partial charge in [-0.1, -0.05) is 0 Å². The summed E-state index contributed by atoms with van der Waals surface area (Å²) in [6.07, 6.45) is 7.26. The zero-order valence-electron chi connectivity index (χ0n) is 16.9. The van der Waals surface area contributed by atoms with Crippen molar-refractivity contribution in [1.29, 1.82) is 0 Å². The minimum atomic E-state index is -0.385. The molecule has 2 fully saturated rings. The summed E-state index contributed by atoms with van der Waals surface area (Å²) < 4.78 is 18.5. The van der Waals surface area contributed by atoms with Crippen molar-refractivity contribution >= 4 is 5.91 Å². The second-order valence-corrected chi connectivity index (χ2v) is 7.83. The van der Waals surface area contributed by atoms with E-state index in [1.165, 1.54) is 12.1 Å². The van der Waals surface area contributed by atoms with Crippen molar-refractivity contribution in [2.45, 2.75) is 26.2 Å². The molecule has 7 nitrogen and oxygen atoms in total. The van der Waals surface area contributed by atoms with E-state index in [1.807, 2.05) is 17.9 Å². The molecule has 29 heavy (non-hydrogen) atoms. The van der Waals surface area contributed by atoms with Crippen LogP contribution in [-0.2, 0) is 4.79 Å². The molecule has 8 heteroatoms. The molecule has 0 saturated carbocycles. The fraction of sp³-hybridized carbons (Fsp3) is 0.524. The molecule has 0 aliphatic carbocycles. The Bertz CT molecular complexity index is 753. The summed E-state index contributed by atoms with van der Waals surface area (Å²) in [6.45, 7) is 5.30. The number of carbonyl (C=O) groups is 1. The number of pyridine rings is 1. The molecule has 158 valence electrons. The Hall–Kier alpha value is -2.77. The Morgan fingerprint density at radius 3 is 2.59 bits per heavy atom. The Morgan fingerprint density at radius 2 is 1.93 bits per heavy atom. The molecule has 2 saturated heterocycles. The third-order valence-electron chi connectivity index (χ3n) is 5.49. The van der Waals surface area contributed by atoms with Gasteiger partial charge in [0.2, 0.25) is 11.8 Å². The maximum atomic E-state index is 12.9. The maximum absolute atomic E-state index is 12.9. The smallest absolute Gasteiger partial charge is 0.225 e. The number of aromatic nitrogens is 1. The molecule has 0 aromatic carbocycles. The predicted octanol–water partition coefficient (Wildman–Crippen LogP) is 1.82. The number of likely N-dealkylation sites (tertiary alicyclic amines) is 2. The molecule has 1 amide bonds. The van der Waals surface area contributed by atoms with Gasteiger partial charge in [0.1, 0.15) is 5.82 Å². The number of nitrogens with zero attached hydrogens (tertiary/aromatic N) is 3. The first-order valence-electron chi connectivity index (χ1n) is 10.1. The van der Waals surface area contributed by atoms with Crippen LogP contribution in [0.3, 0.4) is 0 Å². The van der Waals surface area contributed by atoms with Crippen LogP contribution in [0.25, 0.3) is 0 Å². The lowest BCUT2D eigenvalue weighted by atomic mass is 9.95. The monoisotopic (exact) mass is 403 g/mol. The third-order valence-corrected chi connectivity index (χ3v) is 5.49. The van der Waals surface area contributed by atoms with Crippen LogP contribution in [0, 0.1) is 17.7 Å². The van der Waals surface area contributed by atoms with E-state index >= 15 is 0 Å². The quantitative estimate of drug-likeness (QED) is 0.703. The van der Waals surface area contributed by atoms with Crippen molar-refractivity contribution in [3.8, 4) is 5.88 Å². The number of halogens is 1. The van der Waals surface area contributed by atoms with Gasteiger partial charge in [0.05, 0.1) is 18.6 Å². The lowest BCUT2D eigenvalue weighted by Gasteiger charge is -2.34. The van der Waals surface area contributed by atoms with Crippen molar-refractivity contribution in [3.05, 3.63) is 47.8 Å². The predicted molar refractivity (Wildman–Crippen MR) is 109 cm³/mol. The van der Waals surface area contributed by atoms with E-state index in [-0.39, 0.29) is 23.6 Å². The molecule has 0 spiro atoms. The lowest BCUT2D eigenvalue weighted by molar-refractivity contribution is -0.136. The molecular formula is C21H30FN5O2. The Kier molecular flexibility index (Phi) is 6.95. The van der Waals surface area contributed by atoms with Crippen LogP contribution in [0.4, 0.5) is 4.39 Å². The molecule has 3 rings (SSSR count). The van der Waals surface area contributed by atoms with E-state index in [2.05, 4.69) is 9.88 Å². The fourth-order valence-corrected chi connectivity index (χ4v) is 3.78. The van der Waals surface area contributed by atoms with Gasteiger partial charge in [-0.25, -0.2) is 9.37 Å². The van der Waals surface area contributed by atoms with E-state index in [4.69, 9.17) is 16.2 Å². The molecule has 1 aromatic heterocycles. The molecule has 1 atom stereocenters. The van der Waals surface area contributed by atoms with E-state index in [0.29, 0.717) is 30.5 Å². The highest BCUT2D eigenvalue weighted by atomic mass is 19.1. The van der Waals surface area contributed by atoms with Crippen LogP contribution in [-0.4, -0.2) is 53.5 Å². The zero-order chi connectivity index (χ0) is 20.8. The van der Waals surface area contributed by atoms with Gasteiger partial charge in [-0.2, -0.15) is 0 Å².